The fourth-order valence-corrected chi connectivity index (χ4v) is 3.20. The summed E-state index contributed by atoms with van der Waals surface area (Å²) in [6.45, 7) is -1.41. The van der Waals surface area contributed by atoms with Crippen LogP contribution in [0.3, 0.4) is 0 Å². The molecule has 14 heteroatoms. The van der Waals surface area contributed by atoms with Gasteiger partial charge in [-0.15, -0.1) is 0 Å². The molecule has 0 radical (unpaired) electrons. The highest BCUT2D eigenvalue weighted by atomic mass is 19.3. The minimum absolute atomic E-state index is 0.00824. The molecule has 4 rings (SSSR count). The van der Waals surface area contributed by atoms with Crippen LogP contribution in [0.15, 0.2) is 39.0 Å². The fraction of sp³-hybridized carbons (Fsp3) is 0.278. The van der Waals surface area contributed by atoms with Crippen LogP contribution in [0, 0.1) is 17.2 Å². The van der Waals surface area contributed by atoms with Gasteiger partial charge in [0.2, 0.25) is 0 Å². The maximum atomic E-state index is 14.6. The first-order valence-electron chi connectivity index (χ1n) is 9.16. The third-order valence-electron chi connectivity index (χ3n) is 4.83. The van der Waals surface area contributed by atoms with E-state index in [9.17, 15) is 23.2 Å². The second kappa shape index (κ2) is 8.02. The number of nitrogens with one attached hydrogen (secondary N) is 3. The van der Waals surface area contributed by atoms with Crippen LogP contribution in [0.1, 0.15) is 5.56 Å². The van der Waals surface area contributed by atoms with E-state index in [1.165, 1.54) is 18.5 Å². The summed E-state index contributed by atoms with van der Waals surface area (Å²) in [5.74, 6) is -4.48. The van der Waals surface area contributed by atoms with Crippen molar-refractivity contribution in [2.75, 3.05) is 24.6 Å². The Kier molecular flexibility index (Phi) is 5.23. The zero-order valence-corrected chi connectivity index (χ0v) is 16.1. The lowest BCUT2D eigenvalue weighted by Crippen LogP contribution is -2.32. The van der Waals surface area contributed by atoms with E-state index in [0.717, 1.165) is 11.1 Å². The lowest BCUT2D eigenvalue weighted by Gasteiger charge is -2.17. The predicted octanol–water partition coefficient (Wildman–Crippen LogP) is -0.374. The molecule has 0 aromatic carbocycles. The van der Waals surface area contributed by atoms with Gasteiger partial charge in [0.1, 0.15) is 18.4 Å². The summed E-state index contributed by atoms with van der Waals surface area (Å²) >= 11 is 0. The lowest BCUT2D eigenvalue weighted by molar-refractivity contribution is -0.0364. The van der Waals surface area contributed by atoms with Crippen LogP contribution in [0.5, 0.6) is 6.01 Å². The van der Waals surface area contributed by atoms with Gasteiger partial charge < -0.3 is 14.6 Å². The van der Waals surface area contributed by atoms with E-state index in [1.54, 1.807) is 0 Å². The Bertz CT molecular complexity index is 1360. The molecule has 0 aliphatic carbocycles. The third kappa shape index (κ3) is 4.08. The summed E-state index contributed by atoms with van der Waals surface area (Å²) in [5, 5.41) is 14.7. The van der Waals surface area contributed by atoms with Crippen LogP contribution < -0.4 is 26.4 Å². The molecule has 0 amide bonds. The summed E-state index contributed by atoms with van der Waals surface area (Å²) in [6, 6.07) is 2.88. The van der Waals surface area contributed by atoms with Crippen molar-refractivity contribution in [3.05, 3.63) is 61.4 Å². The van der Waals surface area contributed by atoms with Crippen molar-refractivity contribution in [1.82, 2.24) is 30.1 Å². The van der Waals surface area contributed by atoms with Crippen molar-refractivity contribution in [1.29, 1.82) is 5.26 Å². The molecule has 0 spiro atoms. The average Bonchev–Trinajstić information content (AvgIpc) is 3.07. The van der Waals surface area contributed by atoms with E-state index in [1.807, 2.05) is 11.1 Å². The molecule has 1 aliphatic rings. The Hall–Kier alpha value is -4.41. The number of halogens is 2. The smallest absolute Gasteiger partial charge is 0.325 e. The number of ether oxygens (including phenoxy) is 1. The van der Waals surface area contributed by atoms with Crippen molar-refractivity contribution in [3.8, 4) is 23.3 Å². The maximum Gasteiger partial charge on any atom is 0.325 e. The van der Waals surface area contributed by atoms with E-state index >= 15 is 0 Å². The standard InChI is InChI=1S/C18H14F2N8O4/c19-18(20)8-28(6-10(18)7-32-17-23-3-9(2-21)4-24-17)13-1-12(26-27-15(13)30)11-5-22-16(31)25-14(11)29/h1,3-5,10H,6-8H2,(H,27,30)(H2,22,25,29,31)/t10-/m1/s1. The van der Waals surface area contributed by atoms with Gasteiger partial charge >= 0.3 is 11.7 Å². The number of rotatable bonds is 5. The number of H-pyrrole nitrogens is 3. The summed E-state index contributed by atoms with van der Waals surface area (Å²) in [6.07, 6.45) is 3.52. The normalized spacial score (nSPS) is 17.2. The van der Waals surface area contributed by atoms with Crippen LogP contribution >= 0.6 is 0 Å². The second-order valence-corrected chi connectivity index (χ2v) is 6.97. The number of nitrogens with zero attached hydrogens (tertiary/aromatic N) is 5. The average molecular weight is 444 g/mol. The van der Waals surface area contributed by atoms with Gasteiger partial charge in [-0.2, -0.15) is 10.4 Å². The van der Waals surface area contributed by atoms with Crippen LogP contribution in [0.25, 0.3) is 11.3 Å². The maximum absolute atomic E-state index is 14.6. The zero-order valence-electron chi connectivity index (χ0n) is 16.1. The van der Waals surface area contributed by atoms with Crippen molar-refractivity contribution in [2.45, 2.75) is 5.92 Å². The van der Waals surface area contributed by atoms with Crippen molar-refractivity contribution >= 4 is 5.69 Å². The molecule has 1 aliphatic heterocycles. The highest BCUT2D eigenvalue weighted by Crippen LogP contribution is 2.35. The first kappa shape index (κ1) is 20.8. The molecule has 32 heavy (non-hydrogen) atoms. The Labute approximate surface area is 176 Å². The van der Waals surface area contributed by atoms with E-state index in [4.69, 9.17) is 10.00 Å². The quantitative estimate of drug-likeness (QED) is 0.474. The summed E-state index contributed by atoms with van der Waals surface area (Å²) in [4.78, 5) is 48.5. The van der Waals surface area contributed by atoms with Gasteiger partial charge in [0.25, 0.3) is 17.0 Å². The monoisotopic (exact) mass is 444 g/mol. The highest BCUT2D eigenvalue weighted by molar-refractivity contribution is 5.62. The number of nitriles is 1. The van der Waals surface area contributed by atoms with Crippen LogP contribution in [-0.2, 0) is 0 Å². The minimum Gasteiger partial charge on any atom is -0.463 e. The van der Waals surface area contributed by atoms with Crippen molar-refractivity contribution < 1.29 is 13.5 Å². The number of alkyl halides is 2. The largest absolute Gasteiger partial charge is 0.463 e. The number of hydrogen-bond acceptors (Lipinski definition) is 9. The molecule has 0 unspecified atom stereocenters. The molecular weight excluding hydrogens is 430 g/mol. The Morgan fingerprint density at radius 1 is 1.25 bits per heavy atom. The van der Waals surface area contributed by atoms with Gasteiger partial charge in [-0.1, -0.05) is 0 Å². The molecule has 0 bridgehead atoms. The van der Waals surface area contributed by atoms with Gasteiger partial charge in [-0.3, -0.25) is 14.6 Å². The van der Waals surface area contributed by atoms with Crippen LogP contribution in [0.4, 0.5) is 14.5 Å². The molecular formula is C18H14F2N8O4. The molecule has 1 atom stereocenters. The third-order valence-corrected chi connectivity index (χ3v) is 4.83. The lowest BCUT2D eigenvalue weighted by atomic mass is 10.1. The molecule has 1 saturated heterocycles. The summed E-state index contributed by atoms with van der Waals surface area (Å²) in [7, 11) is 0. The number of hydrogen-bond donors (Lipinski definition) is 3. The van der Waals surface area contributed by atoms with Crippen LogP contribution in [-0.4, -0.2) is 55.8 Å². The number of aromatic amines is 3. The van der Waals surface area contributed by atoms with Gasteiger partial charge in [0.05, 0.1) is 41.7 Å². The molecule has 1 fully saturated rings. The van der Waals surface area contributed by atoms with Crippen molar-refractivity contribution in [2.24, 2.45) is 5.92 Å². The number of aromatic nitrogens is 6. The molecule has 164 valence electrons. The minimum atomic E-state index is -3.20. The molecule has 12 nitrogen and oxygen atoms in total. The highest BCUT2D eigenvalue weighted by Gasteiger charge is 2.49. The summed E-state index contributed by atoms with van der Waals surface area (Å²) in [5.41, 5.74) is -2.17. The van der Waals surface area contributed by atoms with Crippen LogP contribution in [0.2, 0.25) is 0 Å². The molecule has 3 N–H and O–H groups in total. The van der Waals surface area contributed by atoms with E-state index in [2.05, 4.69) is 25.1 Å². The summed E-state index contributed by atoms with van der Waals surface area (Å²) < 4.78 is 34.4. The Balaban J connectivity index is 1.55. The molecule has 4 heterocycles. The first-order valence-corrected chi connectivity index (χ1v) is 9.16. The van der Waals surface area contributed by atoms with Gasteiger partial charge in [-0.05, 0) is 6.07 Å². The Morgan fingerprint density at radius 2 is 2.00 bits per heavy atom. The topological polar surface area (TPSA) is 174 Å². The fourth-order valence-electron chi connectivity index (χ4n) is 3.20. The second-order valence-electron chi connectivity index (χ2n) is 6.97. The van der Waals surface area contributed by atoms with Gasteiger partial charge in [0, 0.05) is 12.7 Å². The molecule has 0 saturated carbocycles. The first-order chi connectivity index (χ1) is 15.3. The van der Waals surface area contributed by atoms with E-state index in [0.29, 0.717) is 0 Å². The zero-order chi connectivity index (χ0) is 22.9. The van der Waals surface area contributed by atoms with Crippen molar-refractivity contribution in [3.63, 3.8) is 0 Å². The van der Waals surface area contributed by atoms with E-state index in [-0.39, 0.29) is 35.1 Å². The predicted molar refractivity (Wildman–Crippen MR) is 104 cm³/mol. The number of anilines is 1. The van der Waals surface area contributed by atoms with Gasteiger partial charge in [-0.25, -0.2) is 28.6 Å². The molecule has 3 aromatic heterocycles. The van der Waals surface area contributed by atoms with Gasteiger partial charge in [0.15, 0.2) is 0 Å². The SMILES string of the molecule is N#Cc1cnc(OC[C@H]2CN(c3cc(-c4c[nH]c(=O)[nH]c4=O)n[nH]c3=O)CC2(F)F)nc1. The van der Waals surface area contributed by atoms with E-state index < -0.39 is 41.8 Å². The Morgan fingerprint density at radius 3 is 2.69 bits per heavy atom. The molecule has 3 aromatic rings.